The Morgan fingerprint density at radius 2 is 2.00 bits per heavy atom. The summed E-state index contributed by atoms with van der Waals surface area (Å²) < 4.78 is 2.22. The lowest BCUT2D eigenvalue weighted by atomic mass is 10.1. The third-order valence-corrected chi connectivity index (χ3v) is 4.93. The van der Waals surface area contributed by atoms with E-state index in [4.69, 9.17) is 4.98 Å². The van der Waals surface area contributed by atoms with Crippen molar-refractivity contribution in [2.75, 3.05) is 26.2 Å². The van der Waals surface area contributed by atoms with Crippen molar-refractivity contribution in [1.82, 2.24) is 24.8 Å². The monoisotopic (exact) mass is 393 g/mol. The van der Waals surface area contributed by atoms with E-state index < -0.39 is 0 Å². The standard InChI is InChI=1S/C19H23N5.2ClH/c1-23-17-7-3-2-6-16(17)22-19(23)8-11-24-12-10-21-14-18(24)15-5-4-9-20-13-15;;/h2-7,9,13,18,21H,8,10-12,14H2,1H3;2*1H. The van der Waals surface area contributed by atoms with Crippen LogP contribution in [0.3, 0.4) is 0 Å². The Morgan fingerprint density at radius 3 is 2.77 bits per heavy atom. The van der Waals surface area contributed by atoms with E-state index in [1.54, 1.807) is 0 Å². The molecule has 1 aromatic carbocycles. The number of imidazole rings is 1. The summed E-state index contributed by atoms with van der Waals surface area (Å²) in [6.07, 6.45) is 4.78. The highest BCUT2D eigenvalue weighted by molar-refractivity contribution is 5.85. The van der Waals surface area contributed by atoms with Crippen LogP contribution in [0.25, 0.3) is 11.0 Å². The summed E-state index contributed by atoms with van der Waals surface area (Å²) in [4.78, 5) is 11.6. The van der Waals surface area contributed by atoms with Crippen LogP contribution in [0.5, 0.6) is 0 Å². The fourth-order valence-electron chi connectivity index (χ4n) is 3.58. The Bertz CT molecular complexity index is 821. The quantitative estimate of drug-likeness (QED) is 0.739. The smallest absolute Gasteiger partial charge is 0.110 e. The number of halogens is 2. The largest absolute Gasteiger partial charge is 0.331 e. The average molecular weight is 394 g/mol. The van der Waals surface area contributed by atoms with Crippen molar-refractivity contribution < 1.29 is 0 Å². The molecule has 1 fully saturated rings. The highest BCUT2D eigenvalue weighted by Crippen LogP contribution is 2.22. The van der Waals surface area contributed by atoms with Crippen LogP contribution in [0.4, 0.5) is 0 Å². The Morgan fingerprint density at radius 1 is 1.15 bits per heavy atom. The molecular formula is C19H25Cl2N5. The first-order valence-electron chi connectivity index (χ1n) is 8.58. The second-order valence-corrected chi connectivity index (χ2v) is 6.37. The third kappa shape index (κ3) is 4.18. The maximum absolute atomic E-state index is 4.80. The molecule has 1 aliphatic rings. The number of hydrogen-bond acceptors (Lipinski definition) is 4. The summed E-state index contributed by atoms with van der Waals surface area (Å²) in [7, 11) is 2.11. The molecule has 1 atom stereocenters. The zero-order valence-electron chi connectivity index (χ0n) is 14.8. The van der Waals surface area contributed by atoms with Crippen molar-refractivity contribution in [3.8, 4) is 0 Å². The Labute approximate surface area is 166 Å². The van der Waals surface area contributed by atoms with Crippen LogP contribution in [0.1, 0.15) is 17.4 Å². The van der Waals surface area contributed by atoms with Crippen LogP contribution >= 0.6 is 24.8 Å². The number of aryl methyl sites for hydroxylation is 1. The van der Waals surface area contributed by atoms with Crippen molar-refractivity contribution in [3.63, 3.8) is 0 Å². The maximum Gasteiger partial charge on any atom is 0.110 e. The van der Waals surface area contributed by atoms with Crippen molar-refractivity contribution in [3.05, 3.63) is 60.2 Å². The van der Waals surface area contributed by atoms with E-state index in [9.17, 15) is 0 Å². The SMILES string of the molecule is Cl.Cl.Cn1c(CCN2CCNCC2c2cccnc2)nc2ccccc21. The lowest BCUT2D eigenvalue weighted by molar-refractivity contribution is 0.162. The third-order valence-electron chi connectivity index (χ3n) is 4.93. The van der Waals surface area contributed by atoms with Gasteiger partial charge in [0.2, 0.25) is 0 Å². The molecule has 1 unspecified atom stereocenters. The number of piperazine rings is 1. The molecule has 0 radical (unpaired) electrons. The van der Waals surface area contributed by atoms with Gasteiger partial charge in [-0.25, -0.2) is 4.98 Å². The molecule has 140 valence electrons. The van der Waals surface area contributed by atoms with E-state index in [0.29, 0.717) is 6.04 Å². The maximum atomic E-state index is 4.80. The minimum Gasteiger partial charge on any atom is -0.331 e. The van der Waals surface area contributed by atoms with Crippen molar-refractivity contribution >= 4 is 35.8 Å². The number of para-hydroxylation sites is 2. The lowest BCUT2D eigenvalue weighted by Crippen LogP contribution is -2.46. The van der Waals surface area contributed by atoms with E-state index in [1.165, 1.54) is 11.1 Å². The number of benzene rings is 1. The van der Waals surface area contributed by atoms with Crippen LogP contribution in [-0.4, -0.2) is 45.6 Å². The zero-order valence-corrected chi connectivity index (χ0v) is 16.5. The summed E-state index contributed by atoms with van der Waals surface area (Å²) in [5, 5.41) is 3.50. The van der Waals surface area contributed by atoms with Gasteiger partial charge in [-0.2, -0.15) is 0 Å². The van der Waals surface area contributed by atoms with Gasteiger partial charge >= 0.3 is 0 Å². The van der Waals surface area contributed by atoms with Gasteiger partial charge < -0.3 is 9.88 Å². The van der Waals surface area contributed by atoms with Gasteiger partial charge in [0, 0.05) is 58.1 Å². The zero-order chi connectivity index (χ0) is 16.4. The summed E-state index contributed by atoms with van der Waals surface area (Å²) >= 11 is 0. The predicted octanol–water partition coefficient (Wildman–Crippen LogP) is 3.00. The van der Waals surface area contributed by atoms with Gasteiger partial charge in [-0.1, -0.05) is 18.2 Å². The first-order chi connectivity index (χ1) is 11.8. The molecule has 3 heterocycles. The van der Waals surface area contributed by atoms with Crippen LogP contribution in [0, 0.1) is 0 Å². The molecule has 26 heavy (non-hydrogen) atoms. The minimum atomic E-state index is 0. The predicted molar refractivity (Wildman–Crippen MR) is 110 cm³/mol. The number of nitrogens with zero attached hydrogens (tertiary/aromatic N) is 4. The lowest BCUT2D eigenvalue weighted by Gasteiger charge is -2.36. The molecule has 5 nitrogen and oxygen atoms in total. The normalized spacial score (nSPS) is 17.5. The minimum absolute atomic E-state index is 0. The van der Waals surface area contributed by atoms with Crippen LogP contribution in [-0.2, 0) is 13.5 Å². The first-order valence-corrected chi connectivity index (χ1v) is 8.58. The van der Waals surface area contributed by atoms with E-state index in [1.807, 2.05) is 24.5 Å². The number of pyridine rings is 1. The van der Waals surface area contributed by atoms with Gasteiger partial charge in [0.25, 0.3) is 0 Å². The van der Waals surface area contributed by atoms with Gasteiger partial charge in [-0.3, -0.25) is 9.88 Å². The molecule has 0 saturated carbocycles. The molecule has 1 aliphatic heterocycles. The van der Waals surface area contributed by atoms with Crippen molar-refractivity contribution in [2.24, 2.45) is 7.05 Å². The van der Waals surface area contributed by atoms with Gasteiger partial charge in [-0.05, 0) is 23.8 Å². The summed E-state index contributed by atoms with van der Waals surface area (Å²) in [6.45, 7) is 4.09. The second kappa shape index (κ2) is 9.33. The van der Waals surface area contributed by atoms with E-state index in [2.05, 4.69) is 51.1 Å². The molecule has 0 amide bonds. The fourth-order valence-corrected chi connectivity index (χ4v) is 3.58. The molecule has 0 aliphatic carbocycles. The summed E-state index contributed by atoms with van der Waals surface area (Å²) in [6, 6.07) is 12.9. The van der Waals surface area contributed by atoms with Crippen molar-refractivity contribution in [2.45, 2.75) is 12.5 Å². The topological polar surface area (TPSA) is 46.0 Å². The molecular weight excluding hydrogens is 369 g/mol. The number of fused-ring (bicyclic) bond motifs is 1. The molecule has 1 N–H and O–H groups in total. The second-order valence-electron chi connectivity index (χ2n) is 6.37. The van der Waals surface area contributed by atoms with E-state index >= 15 is 0 Å². The van der Waals surface area contributed by atoms with Crippen LogP contribution < -0.4 is 5.32 Å². The van der Waals surface area contributed by atoms with Crippen molar-refractivity contribution in [1.29, 1.82) is 0 Å². The molecule has 2 aromatic heterocycles. The number of rotatable bonds is 4. The molecule has 0 spiro atoms. The molecule has 7 heteroatoms. The molecule has 3 aromatic rings. The number of aromatic nitrogens is 3. The molecule has 1 saturated heterocycles. The highest BCUT2D eigenvalue weighted by Gasteiger charge is 2.24. The average Bonchev–Trinajstić information content (AvgIpc) is 2.97. The van der Waals surface area contributed by atoms with Gasteiger partial charge in [0.15, 0.2) is 0 Å². The van der Waals surface area contributed by atoms with Gasteiger partial charge in [-0.15, -0.1) is 24.8 Å². The highest BCUT2D eigenvalue weighted by atomic mass is 35.5. The molecule has 4 rings (SSSR count). The van der Waals surface area contributed by atoms with Crippen LogP contribution in [0.2, 0.25) is 0 Å². The van der Waals surface area contributed by atoms with Gasteiger partial charge in [0.1, 0.15) is 5.82 Å². The van der Waals surface area contributed by atoms with Gasteiger partial charge in [0.05, 0.1) is 11.0 Å². The number of hydrogen-bond donors (Lipinski definition) is 1. The fraction of sp³-hybridized carbons (Fsp3) is 0.368. The number of nitrogens with one attached hydrogen (secondary N) is 1. The van der Waals surface area contributed by atoms with E-state index in [-0.39, 0.29) is 24.8 Å². The molecule has 0 bridgehead atoms. The first kappa shape index (κ1) is 20.6. The summed E-state index contributed by atoms with van der Waals surface area (Å²) in [5.74, 6) is 1.15. The van der Waals surface area contributed by atoms with E-state index in [0.717, 1.165) is 43.9 Å². The Hall–Kier alpha value is -1.66. The van der Waals surface area contributed by atoms with Crippen LogP contribution in [0.15, 0.2) is 48.8 Å². The summed E-state index contributed by atoms with van der Waals surface area (Å²) in [5.41, 5.74) is 3.57. The Balaban J connectivity index is 0.00000121. The Kier molecular flexibility index (Phi) is 7.41.